The molecule has 0 fully saturated rings. The van der Waals surface area contributed by atoms with Gasteiger partial charge in [0.1, 0.15) is 12.4 Å². The molecule has 2 aromatic rings. The van der Waals surface area contributed by atoms with E-state index in [2.05, 4.69) is 0 Å². The van der Waals surface area contributed by atoms with Crippen molar-refractivity contribution in [1.29, 1.82) is 0 Å². The molecule has 1 unspecified atom stereocenters. The first-order valence-corrected chi connectivity index (χ1v) is 6.77. The predicted molar refractivity (Wildman–Crippen MR) is 78.8 cm³/mol. The lowest BCUT2D eigenvalue weighted by molar-refractivity contribution is 0.199. The van der Waals surface area contributed by atoms with Crippen LogP contribution in [0.15, 0.2) is 42.5 Å². The van der Waals surface area contributed by atoms with Gasteiger partial charge in [-0.3, -0.25) is 0 Å². The molecule has 1 atom stereocenters. The van der Waals surface area contributed by atoms with Gasteiger partial charge >= 0.3 is 0 Å². The smallest absolute Gasteiger partial charge is 0.138 e. The number of aliphatic hydroxyl groups is 2. The minimum Gasteiger partial charge on any atom is -0.487 e. The van der Waals surface area contributed by atoms with E-state index < -0.39 is 6.10 Å². The van der Waals surface area contributed by atoms with Crippen LogP contribution in [0.1, 0.15) is 29.7 Å². The van der Waals surface area contributed by atoms with Crippen molar-refractivity contribution in [1.82, 2.24) is 0 Å². The van der Waals surface area contributed by atoms with Crippen LogP contribution >= 0.6 is 11.6 Å². The van der Waals surface area contributed by atoms with E-state index in [1.165, 1.54) is 0 Å². The first-order chi connectivity index (χ1) is 9.60. The Bertz CT molecular complexity index is 564. The van der Waals surface area contributed by atoms with Gasteiger partial charge in [-0.25, -0.2) is 0 Å². The second kappa shape index (κ2) is 6.75. The minimum atomic E-state index is -0.549. The minimum absolute atomic E-state index is 0.0355. The number of benzene rings is 2. The molecule has 0 aliphatic heterocycles. The van der Waals surface area contributed by atoms with Gasteiger partial charge in [0.2, 0.25) is 0 Å². The van der Waals surface area contributed by atoms with Crippen molar-refractivity contribution in [3.8, 4) is 5.75 Å². The van der Waals surface area contributed by atoms with Gasteiger partial charge in [-0.05, 0) is 35.7 Å². The number of halogens is 1. The Labute approximate surface area is 123 Å². The fraction of sp³-hybridized carbons (Fsp3) is 0.250. The zero-order chi connectivity index (χ0) is 14.5. The third-order valence-electron chi connectivity index (χ3n) is 3.04. The second-order valence-electron chi connectivity index (χ2n) is 4.63. The molecule has 2 aromatic carbocycles. The van der Waals surface area contributed by atoms with Crippen molar-refractivity contribution < 1.29 is 14.9 Å². The van der Waals surface area contributed by atoms with E-state index in [9.17, 15) is 5.11 Å². The molecule has 0 amide bonds. The Morgan fingerprint density at radius 3 is 2.30 bits per heavy atom. The molecule has 0 aromatic heterocycles. The maximum absolute atomic E-state index is 9.48. The first kappa shape index (κ1) is 14.9. The Morgan fingerprint density at radius 2 is 1.75 bits per heavy atom. The summed E-state index contributed by atoms with van der Waals surface area (Å²) in [6, 6.07) is 12.8. The van der Waals surface area contributed by atoms with E-state index in [1.807, 2.05) is 24.3 Å². The molecule has 4 heteroatoms. The lowest BCUT2D eigenvalue weighted by Gasteiger charge is -2.11. The third-order valence-corrected chi connectivity index (χ3v) is 3.33. The van der Waals surface area contributed by atoms with E-state index in [-0.39, 0.29) is 6.61 Å². The molecule has 0 bridgehead atoms. The van der Waals surface area contributed by atoms with Crippen molar-refractivity contribution in [3.05, 3.63) is 64.2 Å². The van der Waals surface area contributed by atoms with Gasteiger partial charge < -0.3 is 14.9 Å². The fourth-order valence-corrected chi connectivity index (χ4v) is 2.04. The highest BCUT2D eigenvalue weighted by Crippen LogP contribution is 2.28. The van der Waals surface area contributed by atoms with Gasteiger partial charge in [-0.15, -0.1) is 0 Å². The standard InChI is InChI=1S/C16H17ClO3/c1-11(19)14-6-7-16(15(17)8-14)20-10-13-4-2-12(9-18)3-5-13/h2-8,11,18-19H,9-10H2,1H3. The van der Waals surface area contributed by atoms with Crippen LogP contribution in [0.4, 0.5) is 0 Å². The summed E-state index contributed by atoms with van der Waals surface area (Å²) >= 11 is 6.12. The van der Waals surface area contributed by atoms with E-state index in [0.29, 0.717) is 17.4 Å². The topological polar surface area (TPSA) is 49.7 Å². The molecule has 0 saturated carbocycles. The quantitative estimate of drug-likeness (QED) is 0.887. The number of hydrogen-bond acceptors (Lipinski definition) is 3. The molecule has 0 saturated heterocycles. The molecule has 3 nitrogen and oxygen atoms in total. The highest BCUT2D eigenvalue weighted by atomic mass is 35.5. The third kappa shape index (κ3) is 3.73. The van der Waals surface area contributed by atoms with E-state index in [1.54, 1.807) is 25.1 Å². The van der Waals surface area contributed by atoms with Crippen LogP contribution in [0.3, 0.4) is 0 Å². The molecular formula is C16H17ClO3. The highest BCUT2D eigenvalue weighted by Gasteiger charge is 2.07. The van der Waals surface area contributed by atoms with Crippen LogP contribution in [0.5, 0.6) is 5.75 Å². The van der Waals surface area contributed by atoms with E-state index in [0.717, 1.165) is 16.7 Å². The van der Waals surface area contributed by atoms with Crippen LogP contribution in [0.25, 0.3) is 0 Å². The Balaban J connectivity index is 2.03. The molecule has 0 spiro atoms. The van der Waals surface area contributed by atoms with Crippen LogP contribution in [-0.2, 0) is 13.2 Å². The molecule has 0 aliphatic rings. The Kier molecular flexibility index (Phi) is 5.01. The first-order valence-electron chi connectivity index (χ1n) is 6.39. The lowest BCUT2D eigenvalue weighted by atomic mass is 10.1. The van der Waals surface area contributed by atoms with Crippen molar-refractivity contribution in [3.63, 3.8) is 0 Å². The number of aliphatic hydroxyl groups excluding tert-OH is 2. The van der Waals surface area contributed by atoms with Gasteiger partial charge in [0, 0.05) is 0 Å². The summed E-state index contributed by atoms with van der Waals surface area (Å²) in [6.07, 6.45) is -0.549. The summed E-state index contributed by atoms with van der Waals surface area (Å²) in [5.41, 5.74) is 2.63. The van der Waals surface area contributed by atoms with Gasteiger partial charge in [-0.2, -0.15) is 0 Å². The Morgan fingerprint density at radius 1 is 1.10 bits per heavy atom. The molecule has 106 valence electrons. The summed E-state index contributed by atoms with van der Waals surface area (Å²) in [5.74, 6) is 0.585. The predicted octanol–water partition coefficient (Wildman–Crippen LogP) is 3.46. The molecule has 20 heavy (non-hydrogen) atoms. The van der Waals surface area contributed by atoms with Crippen molar-refractivity contribution in [2.24, 2.45) is 0 Å². The highest BCUT2D eigenvalue weighted by molar-refractivity contribution is 6.32. The average Bonchev–Trinajstić information content (AvgIpc) is 2.46. The summed E-state index contributed by atoms with van der Waals surface area (Å²) in [5, 5.41) is 18.9. The molecule has 0 radical (unpaired) electrons. The number of hydrogen-bond donors (Lipinski definition) is 2. The molecule has 2 rings (SSSR count). The monoisotopic (exact) mass is 292 g/mol. The lowest BCUT2D eigenvalue weighted by Crippen LogP contribution is -1.98. The van der Waals surface area contributed by atoms with Crippen LogP contribution in [0, 0.1) is 0 Å². The number of rotatable bonds is 5. The average molecular weight is 293 g/mol. The maximum atomic E-state index is 9.48. The van der Waals surface area contributed by atoms with E-state index in [4.69, 9.17) is 21.4 Å². The van der Waals surface area contributed by atoms with Gasteiger partial charge in [0.15, 0.2) is 0 Å². The SMILES string of the molecule is CC(O)c1ccc(OCc2ccc(CO)cc2)c(Cl)c1. The van der Waals surface area contributed by atoms with Gasteiger partial charge in [-0.1, -0.05) is 41.9 Å². The van der Waals surface area contributed by atoms with Crippen molar-refractivity contribution in [2.45, 2.75) is 26.2 Å². The molecule has 0 heterocycles. The van der Waals surface area contributed by atoms with Crippen LogP contribution in [-0.4, -0.2) is 10.2 Å². The zero-order valence-corrected chi connectivity index (χ0v) is 12.0. The largest absolute Gasteiger partial charge is 0.487 e. The second-order valence-corrected chi connectivity index (χ2v) is 5.04. The number of ether oxygens (including phenoxy) is 1. The van der Waals surface area contributed by atoms with Crippen LogP contribution < -0.4 is 4.74 Å². The molecule has 2 N–H and O–H groups in total. The van der Waals surface area contributed by atoms with Crippen LogP contribution in [0.2, 0.25) is 5.02 Å². The van der Waals surface area contributed by atoms with Crippen molar-refractivity contribution in [2.75, 3.05) is 0 Å². The fourth-order valence-electron chi connectivity index (χ4n) is 1.80. The van der Waals surface area contributed by atoms with Crippen molar-refractivity contribution >= 4 is 11.6 Å². The summed E-state index contributed by atoms with van der Waals surface area (Å²) in [7, 11) is 0. The zero-order valence-electron chi connectivity index (χ0n) is 11.2. The summed E-state index contributed by atoms with van der Waals surface area (Å²) in [4.78, 5) is 0. The van der Waals surface area contributed by atoms with Gasteiger partial charge in [0.25, 0.3) is 0 Å². The molecular weight excluding hydrogens is 276 g/mol. The normalized spacial score (nSPS) is 12.2. The van der Waals surface area contributed by atoms with E-state index >= 15 is 0 Å². The summed E-state index contributed by atoms with van der Waals surface area (Å²) in [6.45, 7) is 2.13. The maximum Gasteiger partial charge on any atom is 0.138 e. The summed E-state index contributed by atoms with van der Waals surface area (Å²) < 4.78 is 5.66. The molecule has 0 aliphatic carbocycles. The van der Waals surface area contributed by atoms with Gasteiger partial charge in [0.05, 0.1) is 17.7 Å². The Hall–Kier alpha value is -1.55.